The third-order valence-electron chi connectivity index (χ3n) is 5.17. The minimum absolute atomic E-state index is 0.0779. The number of nitrogens with one attached hydrogen (secondary N) is 2. The molecule has 8 heteroatoms. The smallest absolute Gasteiger partial charge is 0.329 e. The number of pyridine rings is 1. The summed E-state index contributed by atoms with van der Waals surface area (Å²) in [6, 6.07) is 3.65. The molecule has 2 amide bonds. The molecule has 0 aromatic carbocycles. The van der Waals surface area contributed by atoms with Gasteiger partial charge < -0.3 is 10.6 Å². The number of amides is 2. The number of hydrogen-bond donors (Lipinski definition) is 2. The largest absolute Gasteiger partial charge is 0.353 e. The molecule has 2 aromatic heterocycles. The number of hydrogen-bond acceptors (Lipinski definition) is 4. The number of fused-ring (bicyclic) bond motifs is 1. The van der Waals surface area contributed by atoms with Gasteiger partial charge in [0.1, 0.15) is 5.82 Å². The van der Waals surface area contributed by atoms with E-state index in [-0.39, 0.29) is 36.4 Å². The summed E-state index contributed by atoms with van der Waals surface area (Å²) in [7, 11) is 3.32. The van der Waals surface area contributed by atoms with Crippen LogP contribution in [0.25, 0.3) is 11.2 Å². The lowest BCUT2D eigenvalue weighted by atomic mass is 10.1. The van der Waals surface area contributed by atoms with Crippen LogP contribution in [0.15, 0.2) is 16.9 Å². The highest BCUT2D eigenvalue weighted by Gasteiger charge is 2.16. The maximum atomic E-state index is 12.2. The number of aryl methyl sites for hydroxylation is 2. The van der Waals surface area contributed by atoms with Crippen LogP contribution >= 0.6 is 0 Å². The minimum atomic E-state index is -0.265. The first-order valence-electron chi connectivity index (χ1n) is 9.57. The second kappa shape index (κ2) is 8.37. The Labute approximate surface area is 158 Å². The lowest BCUT2D eigenvalue weighted by Gasteiger charge is -2.16. The molecule has 0 saturated heterocycles. The predicted molar refractivity (Wildman–Crippen MR) is 103 cm³/mol. The monoisotopic (exact) mass is 373 g/mol. The maximum absolute atomic E-state index is 12.2. The van der Waals surface area contributed by atoms with Gasteiger partial charge in [0.25, 0.3) is 0 Å². The zero-order valence-electron chi connectivity index (χ0n) is 16.0. The normalized spacial score (nSPS) is 15.5. The Bertz CT molecular complexity index is 891. The summed E-state index contributed by atoms with van der Waals surface area (Å²) >= 11 is 0. The van der Waals surface area contributed by atoms with Crippen LogP contribution < -0.4 is 16.3 Å². The first-order chi connectivity index (χ1) is 13.0. The number of carbonyl (C=O) groups excluding carboxylic acids is 2. The van der Waals surface area contributed by atoms with Crippen molar-refractivity contribution in [3.63, 3.8) is 0 Å². The number of imidazole rings is 1. The molecule has 2 N–H and O–H groups in total. The van der Waals surface area contributed by atoms with Gasteiger partial charge in [0.05, 0.1) is 5.52 Å². The van der Waals surface area contributed by atoms with Crippen LogP contribution in [-0.4, -0.2) is 32.0 Å². The summed E-state index contributed by atoms with van der Waals surface area (Å²) in [5, 5.41) is 5.75. The van der Waals surface area contributed by atoms with E-state index in [0.29, 0.717) is 17.0 Å². The Morgan fingerprint density at radius 2 is 1.70 bits per heavy atom. The van der Waals surface area contributed by atoms with E-state index in [1.165, 1.54) is 22.0 Å². The van der Waals surface area contributed by atoms with Crippen LogP contribution in [0.4, 0.5) is 5.82 Å². The topological polar surface area (TPSA) is 98.0 Å². The first-order valence-corrected chi connectivity index (χ1v) is 9.57. The minimum Gasteiger partial charge on any atom is -0.353 e. The summed E-state index contributed by atoms with van der Waals surface area (Å²) < 4.78 is 2.94. The van der Waals surface area contributed by atoms with Gasteiger partial charge >= 0.3 is 5.69 Å². The van der Waals surface area contributed by atoms with Crippen molar-refractivity contribution >= 4 is 28.8 Å². The van der Waals surface area contributed by atoms with E-state index in [2.05, 4.69) is 15.6 Å². The van der Waals surface area contributed by atoms with E-state index < -0.39 is 0 Å². The van der Waals surface area contributed by atoms with Gasteiger partial charge in [-0.2, -0.15) is 0 Å². The Hall–Kier alpha value is -2.64. The average molecular weight is 373 g/mol. The van der Waals surface area contributed by atoms with Crippen LogP contribution in [0.3, 0.4) is 0 Å². The lowest BCUT2D eigenvalue weighted by Crippen LogP contribution is -2.34. The lowest BCUT2D eigenvalue weighted by molar-refractivity contribution is -0.125. The molecule has 2 heterocycles. The van der Waals surface area contributed by atoms with Gasteiger partial charge in [0.2, 0.25) is 11.8 Å². The number of rotatable bonds is 5. The number of carbonyl (C=O) groups is 2. The average Bonchev–Trinajstić information content (AvgIpc) is 2.84. The highest BCUT2D eigenvalue weighted by Crippen LogP contribution is 2.17. The fourth-order valence-corrected chi connectivity index (χ4v) is 3.59. The fraction of sp³-hybridized carbons (Fsp3) is 0.579. The quantitative estimate of drug-likeness (QED) is 0.781. The third kappa shape index (κ3) is 4.56. The molecule has 3 rings (SSSR count). The van der Waals surface area contributed by atoms with Crippen LogP contribution in [0.5, 0.6) is 0 Å². The van der Waals surface area contributed by atoms with Crippen molar-refractivity contribution < 1.29 is 9.59 Å². The van der Waals surface area contributed by atoms with Gasteiger partial charge in [-0.25, -0.2) is 9.78 Å². The molecule has 27 heavy (non-hydrogen) atoms. The van der Waals surface area contributed by atoms with Crippen LogP contribution in [0.1, 0.15) is 51.4 Å². The molecular weight excluding hydrogens is 346 g/mol. The van der Waals surface area contributed by atoms with Crippen molar-refractivity contribution in [2.24, 2.45) is 14.1 Å². The van der Waals surface area contributed by atoms with E-state index in [0.717, 1.165) is 25.7 Å². The Kier molecular flexibility index (Phi) is 5.93. The van der Waals surface area contributed by atoms with Gasteiger partial charge in [-0.15, -0.1) is 0 Å². The van der Waals surface area contributed by atoms with Crippen LogP contribution in [0.2, 0.25) is 0 Å². The molecule has 1 aliphatic rings. The van der Waals surface area contributed by atoms with Crippen molar-refractivity contribution in [2.45, 2.75) is 57.4 Å². The zero-order chi connectivity index (χ0) is 19.4. The van der Waals surface area contributed by atoms with E-state index in [9.17, 15) is 14.4 Å². The van der Waals surface area contributed by atoms with E-state index in [1.54, 1.807) is 26.2 Å². The molecule has 2 aromatic rings. The third-order valence-corrected chi connectivity index (χ3v) is 5.17. The summed E-state index contributed by atoms with van der Waals surface area (Å²) in [4.78, 5) is 40.5. The molecule has 0 radical (unpaired) electrons. The van der Waals surface area contributed by atoms with E-state index >= 15 is 0 Å². The number of nitrogens with zero attached hydrogens (tertiary/aromatic N) is 3. The molecule has 1 saturated carbocycles. The first kappa shape index (κ1) is 19.1. The predicted octanol–water partition coefficient (Wildman–Crippen LogP) is 1.83. The van der Waals surface area contributed by atoms with Gasteiger partial charge in [0, 0.05) is 33.0 Å². The molecule has 146 valence electrons. The van der Waals surface area contributed by atoms with Crippen molar-refractivity contribution in [1.82, 2.24) is 19.4 Å². The van der Waals surface area contributed by atoms with Crippen LogP contribution in [0, 0.1) is 0 Å². The Morgan fingerprint density at radius 3 is 2.41 bits per heavy atom. The zero-order valence-corrected chi connectivity index (χ0v) is 16.0. The van der Waals surface area contributed by atoms with Crippen molar-refractivity contribution in [3.05, 3.63) is 22.6 Å². The summed E-state index contributed by atoms with van der Waals surface area (Å²) in [6.45, 7) is 0. The number of anilines is 1. The fourth-order valence-electron chi connectivity index (χ4n) is 3.59. The molecule has 0 spiro atoms. The summed E-state index contributed by atoms with van der Waals surface area (Å²) in [5.74, 6) is 0.0302. The standard InChI is InChI=1S/C19H27N5O3/c1-23-14-9-10-15(22-18(14)24(2)19(23)27)21-17(26)12-11-16(25)20-13-7-5-3-4-6-8-13/h9-10,13H,3-8,11-12H2,1-2H3,(H,20,25)(H,21,22,26). The van der Waals surface area contributed by atoms with Crippen molar-refractivity contribution in [1.29, 1.82) is 0 Å². The second-order valence-corrected chi connectivity index (χ2v) is 7.24. The summed E-state index contributed by atoms with van der Waals surface area (Å²) in [5.41, 5.74) is 1.03. The Morgan fingerprint density at radius 1 is 1.04 bits per heavy atom. The molecular formula is C19H27N5O3. The van der Waals surface area contributed by atoms with E-state index in [4.69, 9.17) is 0 Å². The molecule has 0 aliphatic heterocycles. The second-order valence-electron chi connectivity index (χ2n) is 7.24. The Balaban J connectivity index is 1.53. The maximum Gasteiger partial charge on any atom is 0.329 e. The van der Waals surface area contributed by atoms with Gasteiger partial charge in [-0.05, 0) is 25.0 Å². The highest BCUT2D eigenvalue weighted by molar-refractivity contribution is 5.93. The molecule has 1 fully saturated rings. The van der Waals surface area contributed by atoms with Gasteiger partial charge in [0.15, 0.2) is 5.65 Å². The van der Waals surface area contributed by atoms with Crippen LogP contribution in [-0.2, 0) is 23.7 Å². The SMILES string of the molecule is Cn1c(=O)n(C)c2nc(NC(=O)CCC(=O)NC3CCCCCC3)ccc21. The molecule has 0 unspecified atom stereocenters. The molecule has 1 aliphatic carbocycles. The summed E-state index contributed by atoms with van der Waals surface area (Å²) in [6.07, 6.45) is 7.09. The van der Waals surface area contributed by atoms with Gasteiger partial charge in [-0.1, -0.05) is 25.7 Å². The molecule has 8 nitrogen and oxygen atoms in total. The van der Waals surface area contributed by atoms with E-state index in [1.807, 2.05) is 0 Å². The number of aromatic nitrogens is 3. The molecule has 0 bridgehead atoms. The van der Waals surface area contributed by atoms with Crippen molar-refractivity contribution in [3.8, 4) is 0 Å². The van der Waals surface area contributed by atoms with Crippen molar-refractivity contribution in [2.75, 3.05) is 5.32 Å². The molecule has 0 atom stereocenters. The van der Waals surface area contributed by atoms with Gasteiger partial charge in [-0.3, -0.25) is 18.7 Å². The highest BCUT2D eigenvalue weighted by atomic mass is 16.2.